The van der Waals surface area contributed by atoms with Crippen LogP contribution in [0.5, 0.6) is 11.5 Å². The van der Waals surface area contributed by atoms with Crippen LogP contribution in [-0.4, -0.2) is 37.9 Å². The fourth-order valence-electron chi connectivity index (χ4n) is 2.20. The highest BCUT2D eigenvalue weighted by Crippen LogP contribution is 2.36. The van der Waals surface area contributed by atoms with E-state index in [1.54, 1.807) is 19.1 Å². The van der Waals surface area contributed by atoms with Crippen LogP contribution < -0.4 is 14.9 Å². The van der Waals surface area contributed by atoms with Gasteiger partial charge in [-0.25, -0.2) is 5.43 Å². The molecule has 8 heteroatoms. The summed E-state index contributed by atoms with van der Waals surface area (Å²) < 4.78 is 21.2. The second-order valence-electron chi connectivity index (χ2n) is 5.03. The summed E-state index contributed by atoms with van der Waals surface area (Å²) in [4.78, 5) is 11.8. The number of ether oxygens (including phenoxy) is 4. The molecule has 2 heterocycles. The van der Waals surface area contributed by atoms with Gasteiger partial charge in [-0.1, -0.05) is 11.6 Å². The molecule has 0 unspecified atom stereocenters. The number of hydrazone groups is 1. The maximum atomic E-state index is 11.8. The molecule has 2 aliphatic heterocycles. The predicted molar refractivity (Wildman–Crippen MR) is 78.2 cm³/mol. The second-order valence-corrected chi connectivity index (χ2v) is 5.43. The van der Waals surface area contributed by atoms with Gasteiger partial charge in [-0.3, -0.25) is 4.79 Å². The van der Waals surface area contributed by atoms with Crippen molar-refractivity contribution in [3.05, 3.63) is 22.7 Å². The van der Waals surface area contributed by atoms with Crippen LogP contribution in [0.3, 0.4) is 0 Å². The van der Waals surface area contributed by atoms with E-state index in [0.717, 1.165) is 0 Å². The van der Waals surface area contributed by atoms with Crippen LogP contribution in [0.1, 0.15) is 18.9 Å². The van der Waals surface area contributed by atoms with Crippen molar-refractivity contribution in [2.24, 2.45) is 5.10 Å². The monoisotopic (exact) mass is 326 g/mol. The number of fused-ring (bicyclic) bond motifs is 1. The van der Waals surface area contributed by atoms with E-state index in [4.69, 9.17) is 30.5 Å². The molecular formula is C14H15ClN2O5. The lowest BCUT2D eigenvalue weighted by Gasteiger charge is -2.20. The van der Waals surface area contributed by atoms with Gasteiger partial charge < -0.3 is 18.9 Å². The Labute approximate surface area is 132 Å². The summed E-state index contributed by atoms with van der Waals surface area (Å²) in [6.07, 6.45) is 1.51. The third-order valence-corrected chi connectivity index (χ3v) is 3.59. The molecule has 7 nitrogen and oxygen atoms in total. The largest absolute Gasteiger partial charge is 0.454 e. The Morgan fingerprint density at radius 3 is 2.77 bits per heavy atom. The molecular weight excluding hydrogens is 312 g/mol. The first-order valence-electron chi connectivity index (χ1n) is 6.75. The minimum atomic E-state index is -0.879. The van der Waals surface area contributed by atoms with E-state index in [0.29, 0.717) is 35.3 Å². The van der Waals surface area contributed by atoms with Gasteiger partial charge in [0.15, 0.2) is 17.3 Å². The Bertz CT molecular complexity index is 613. The number of hydrogen-bond acceptors (Lipinski definition) is 6. The Morgan fingerprint density at radius 2 is 2.05 bits per heavy atom. The van der Waals surface area contributed by atoms with Crippen molar-refractivity contribution in [2.45, 2.75) is 19.1 Å². The van der Waals surface area contributed by atoms with Crippen LogP contribution in [0, 0.1) is 0 Å². The highest BCUT2D eigenvalue weighted by molar-refractivity contribution is 6.33. The number of rotatable bonds is 4. The van der Waals surface area contributed by atoms with Crippen molar-refractivity contribution in [2.75, 3.05) is 20.0 Å². The number of carbonyl (C=O) groups is 1. The molecule has 1 aromatic carbocycles. The quantitative estimate of drug-likeness (QED) is 0.672. The van der Waals surface area contributed by atoms with Crippen molar-refractivity contribution in [3.8, 4) is 11.5 Å². The Balaban J connectivity index is 1.59. The number of amides is 1. The van der Waals surface area contributed by atoms with Crippen molar-refractivity contribution in [1.29, 1.82) is 0 Å². The standard InChI is InChI=1S/C14H15ClN2O5/c1-14(21-2-3-22-14)6-13(18)17-16-7-9-4-11-12(5-10(9)15)20-8-19-11/h4-5,7H,2-3,6,8H2,1H3,(H,17,18)/b16-7+. The average Bonchev–Trinajstić information content (AvgIpc) is 3.07. The number of nitrogens with zero attached hydrogens (tertiary/aromatic N) is 1. The molecule has 0 spiro atoms. The SMILES string of the molecule is CC1(CC(=O)N/N=C/c2cc3c(cc2Cl)OCO3)OCCO1. The summed E-state index contributed by atoms with van der Waals surface area (Å²) in [7, 11) is 0. The van der Waals surface area contributed by atoms with Gasteiger partial charge in [0.2, 0.25) is 12.7 Å². The van der Waals surface area contributed by atoms with Crippen molar-refractivity contribution < 1.29 is 23.7 Å². The number of hydrogen-bond donors (Lipinski definition) is 1. The number of nitrogens with one attached hydrogen (secondary N) is 1. The lowest BCUT2D eigenvalue weighted by atomic mass is 10.2. The van der Waals surface area contributed by atoms with E-state index >= 15 is 0 Å². The lowest BCUT2D eigenvalue weighted by molar-refractivity contribution is -0.159. The fourth-order valence-corrected chi connectivity index (χ4v) is 2.40. The maximum Gasteiger partial charge on any atom is 0.245 e. The molecule has 0 atom stereocenters. The van der Waals surface area contributed by atoms with Crippen LogP contribution in [0.4, 0.5) is 0 Å². The van der Waals surface area contributed by atoms with Crippen LogP contribution >= 0.6 is 11.6 Å². The normalized spacial score (nSPS) is 18.8. The van der Waals surface area contributed by atoms with E-state index in [9.17, 15) is 4.79 Å². The van der Waals surface area contributed by atoms with Crippen LogP contribution in [0.15, 0.2) is 17.2 Å². The Morgan fingerprint density at radius 1 is 1.36 bits per heavy atom. The summed E-state index contributed by atoms with van der Waals surface area (Å²) in [6.45, 7) is 2.86. The number of carbonyl (C=O) groups excluding carboxylic acids is 1. The molecule has 1 saturated heterocycles. The zero-order valence-corrected chi connectivity index (χ0v) is 12.7. The Kier molecular flexibility index (Phi) is 4.19. The Hall–Kier alpha value is -1.83. The highest BCUT2D eigenvalue weighted by Gasteiger charge is 2.33. The zero-order valence-electron chi connectivity index (χ0n) is 11.9. The van der Waals surface area contributed by atoms with Gasteiger partial charge in [0.05, 0.1) is 30.9 Å². The van der Waals surface area contributed by atoms with E-state index in [1.165, 1.54) is 6.21 Å². The van der Waals surface area contributed by atoms with Crippen LogP contribution in [0.2, 0.25) is 5.02 Å². The molecule has 0 saturated carbocycles. The first kappa shape index (κ1) is 15.1. The molecule has 118 valence electrons. The second kappa shape index (κ2) is 6.12. The highest BCUT2D eigenvalue weighted by atomic mass is 35.5. The molecule has 0 aromatic heterocycles. The first-order valence-corrected chi connectivity index (χ1v) is 7.12. The van der Waals surface area contributed by atoms with Crippen LogP contribution in [-0.2, 0) is 14.3 Å². The predicted octanol–water partition coefficient (Wildman–Crippen LogP) is 1.67. The average molecular weight is 327 g/mol. The minimum absolute atomic E-state index is 0.0687. The molecule has 0 bridgehead atoms. The zero-order chi connectivity index (χ0) is 15.6. The van der Waals surface area contributed by atoms with E-state index < -0.39 is 5.79 Å². The van der Waals surface area contributed by atoms with Crippen molar-refractivity contribution in [3.63, 3.8) is 0 Å². The molecule has 1 N–H and O–H groups in total. The minimum Gasteiger partial charge on any atom is -0.454 e. The fraction of sp³-hybridized carbons (Fsp3) is 0.429. The van der Waals surface area contributed by atoms with E-state index in [1.807, 2.05) is 0 Å². The molecule has 1 aromatic rings. The summed E-state index contributed by atoms with van der Waals surface area (Å²) in [5.74, 6) is 0.000288. The molecule has 3 rings (SSSR count). The third kappa shape index (κ3) is 3.32. The van der Waals surface area contributed by atoms with Crippen molar-refractivity contribution >= 4 is 23.7 Å². The van der Waals surface area contributed by atoms with Crippen LogP contribution in [0.25, 0.3) is 0 Å². The lowest BCUT2D eigenvalue weighted by Crippen LogP contribution is -2.33. The summed E-state index contributed by atoms with van der Waals surface area (Å²) >= 11 is 6.10. The third-order valence-electron chi connectivity index (χ3n) is 3.26. The molecule has 2 aliphatic rings. The molecule has 1 amide bonds. The van der Waals surface area contributed by atoms with E-state index in [2.05, 4.69) is 10.5 Å². The smallest absolute Gasteiger partial charge is 0.245 e. The molecule has 22 heavy (non-hydrogen) atoms. The summed E-state index contributed by atoms with van der Waals surface area (Å²) in [5.41, 5.74) is 3.03. The van der Waals surface area contributed by atoms with Gasteiger partial charge in [0.1, 0.15) is 0 Å². The van der Waals surface area contributed by atoms with E-state index in [-0.39, 0.29) is 19.1 Å². The molecule has 0 aliphatic carbocycles. The van der Waals surface area contributed by atoms with Gasteiger partial charge >= 0.3 is 0 Å². The first-order chi connectivity index (χ1) is 10.6. The topological polar surface area (TPSA) is 78.4 Å². The molecule has 1 fully saturated rings. The summed E-state index contributed by atoms with van der Waals surface area (Å²) in [6, 6.07) is 3.35. The van der Waals surface area contributed by atoms with Gasteiger partial charge in [-0.2, -0.15) is 5.10 Å². The summed E-state index contributed by atoms with van der Waals surface area (Å²) in [5, 5.41) is 4.34. The van der Waals surface area contributed by atoms with Crippen molar-refractivity contribution in [1.82, 2.24) is 5.43 Å². The maximum absolute atomic E-state index is 11.8. The van der Waals surface area contributed by atoms with Gasteiger partial charge in [0, 0.05) is 11.6 Å². The molecule has 0 radical (unpaired) electrons. The number of benzene rings is 1. The van der Waals surface area contributed by atoms with Gasteiger partial charge in [-0.05, 0) is 13.0 Å². The number of halogens is 1. The van der Waals surface area contributed by atoms with Gasteiger partial charge in [0.25, 0.3) is 0 Å². The van der Waals surface area contributed by atoms with Gasteiger partial charge in [-0.15, -0.1) is 0 Å².